The van der Waals surface area contributed by atoms with Crippen molar-refractivity contribution in [2.75, 3.05) is 38.2 Å². The lowest BCUT2D eigenvalue weighted by atomic mass is 10.0. The van der Waals surface area contributed by atoms with Crippen LogP contribution in [0.3, 0.4) is 0 Å². The molecule has 178 valence electrons. The molecule has 1 aromatic heterocycles. The number of halogens is 1. The Morgan fingerprint density at radius 2 is 1.71 bits per heavy atom. The highest BCUT2D eigenvalue weighted by molar-refractivity contribution is 6.30. The third kappa shape index (κ3) is 5.33. The van der Waals surface area contributed by atoms with Crippen molar-refractivity contribution in [3.8, 4) is 5.75 Å². The maximum Gasteiger partial charge on any atom is 0.245 e. The Hall–Kier alpha value is -3.12. The highest BCUT2D eigenvalue weighted by Crippen LogP contribution is 2.28. The number of aromatic nitrogens is 2. The van der Waals surface area contributed by atoms with Crippen molar-refractivity contribution >= 4 is 23.3 Å². The zero-order valence-electron chi connectivity index (χ0n) is 20.0. The van der Waals surface area contributed by atoms with E-state index in [9.17, 15) is 4.79 Å². The number of hydrogen-bond acceptors (Lipinski definition) is 5. The zero-order valence-corrected chi connectivity index (χ0v) is 20.8. The number of hydrogen-bond donors (Lipinski definition) is 0. The fourth-order valence-electron chi connectivity index (χ4n) is 4.38. The van der Waals surface area contributed by atoms with Gasteiger partial charge in [-0.25, -0.2) is 9.97 Å². The second-order valence-corrected chi connectivity index (χ2v) is 8.92. The van der Waals surface area contributed by atoms with Crippen LogP contribution in [0.25, 0.3) is 0 Å². The van der Waals surface area contributed by atoms with Gasteiger partial charge in [0.05, 0.1) is 7.11 Å². The van der Waals surface area contributed by atoms with Crippen LogP contribution in [0.5, 0.6) is 5.75 Å². The number of nitrogens with zero attached hydrogens (tertiary/aromatic N) is 4. The van der Waals surface area contributed by atoms with Crippen molar-refractivity contribution in [3.05, 3.63) is 82.8 Å². The quantitative estimate of drug-likeness (QED) is 0.465. The fourth-order valence-corrected chi connectivity index (χ4v) is 4.67. The molecule has 4 rings (SSSR count). The van der Waals surface area contributed by atoms with Crippen LogP contribution in [0.2, 0.25) is 0 Å². The number of benzene rings is 2. The first-order valence-electron chi connectivity index (χ1n) is 11.7. The molecule has 1 aliphatic heterocycles. The van der Waals surface area contributed by atoms with E-state index in [1.54, 1.807) is 7.11 Å². The van der Waals surface area contributed by atoms with Crippen LogP contribution in [0.15, 0.2) is 54.6 Å². The molecule has 2 aromatic carbocycles. The minimum absolute atomic E-state index is 0.0425. The Labute approximate surface area is 206 Å². The summed E-state index contributed by atoms with van der Waals surface area (Å²) in [7, 11) is 1.67. The first-order chi connectivity index (χ1) is 16.5. The number of alkyl halides is 1. The summed E-state index contributed by atoms with van der Waals surface area (Å²) in [5.74, 6) is 2.54. The number of carbonyl (C=O) groups is 1. The smallest absolute Gasteiger partial charge is 0.245 e. The molecule has 3 aromatic rings. The van der Waals surface area contributed by atoms with Crippen LogP contribution in [0, 0.1) is 6.92 Å². The fraction of sp³-hybridized carbons (Fsp3) is 0.370. The molecule has 1 amide bonds. The molecule has 6 nitrogen and oxygen atoms in total. The Bertz CT molecular complexity index is 1110. The molecule has 34 heavy (non-hydrogen) atoms. The van der Waals surface area contributed by atoms with Gasteiger partial charge < -0.3 is 14.5 Å². The van der Waals surface area contributed by atoms with E-state index in [2.05, 4.69) is 24.0 Å². The normalized spacial score (nSPS) is 14.7. The minimum atomic E-state index is -0.661. The van der Waals surface area contributed by atoms with E-state index in [4.69, 9.17) is 26.3 Å². The summed E-state index contributed by atoms with van der Waals surface area (Å²) in [6.45, 7) is 6.71. The number of carbonyl (C=O) groups excluding carboxylic acids is 1. The zero-order chi connectivity index (χ0) is 24.1. The van der Waals surface area contributed by atoms with E-state index >= 15 is 0 Å². The van der Waals surface area contributed by atoms with Crippen molar-refractivity contribution < 1.29 is 9.53 Å². The second-order valence-electron chi connectivity index (χ2n) is 8.48. The molecule has 0 N–H and O–H groups in total. The Morgan fingerprint density at radius 3 is 2.32 bits per heavy atom. The predicted octanol–water partition coefficient (Wildman–Crippen LogP) is 4.58. The third-order valence-electron chi connectivity index (χ3n) is 6.26. The predicted molar refractivity (Wildman–Crippen MR) is 136 cm³/mol. The van der Waals surface area contributed by atoms with E-state index in [0.717, 1.165) is 47.1 Å². The molecule has 0 bridgehead atoms. The number of aryl methyl sites for hydroxylation is 2. The lowest BCUT2D eigenvalue weighted by molar-refractivity contribution is -0.131. The molecular formula is C27H31ClN4O2. The van der Waals surface area contributed by atoms with Gasteiger partial charge in [0.1, 0.15) is 22.8 Å². The monoisotopic (exact) mass is 478 g/mol. The Balaban J connectivity index is 1.52. The minimum Gasteiger partial charge on any atom is -0.497 e. The Kier molecular flexibility index (Phi) is 7.68. The van der Waals surface area contributed by atoms with E-state index in [-0.39, 0.29) is 5.91 Å². The van der Waals surface area contributed by atoms with Gasteiger partial charge in [-0.15, -0.1) is 11.6 Å². The van der Waals surface area contributed by atoms with Crippen LogP contribution in [-0.4, -0.2) is 54.1 Å². The molecule has 7 heteroatoms. The molecule has 0 saturated carbocycles. The van der Waals surface area contributed by atoms with Crippen molar-refractivity contribution in [1.29, 1.82) is 0 Å². The van der Waals surface area contributed by atoms with Crippen LogP contribution in [-0.2, 0) is 17.6 Å². The van der Waals surface area contributed by atoms with Gasteiger partial charge in [0.25, 0.3) is 0 Å². The lowest BCUT2D eigenvalue weighted by Gasteiger charge is -2.37. The molecule has 0 spiro atoms. The maximum atomic E-state index is 13.0. The van der Waals surface area contributed by atoms with E-state index in [1.807, 2.05) is 54.3 Å². The van der Waals surface area contributed by atoms with Gasteiger partial charge in [-0.3, -0.25) is 4.79 Å². The SMILES string of the molecule is CCc1nc(C)nc(N2CCN(C(=O)C(Cl)c3ccccc3)CC2)c1Cc1ccc(OC)cc1. The maximum absolute atomic E-state index is 13.0. The summed E-state index contributed by atoms with van der Waals surface area (Å²) in [5.41, 5.74) is 4.24. The van der Waals surface area contributed by atoms with Crippen molar-refractivity contribution in [3.63, 3.8) is 0 Å². The number of piperazine rings is 1. The van der Waals surface area contributed by atoms with Gasteiger partial charge in [-0.1, -0.05) is 49.4 Å². The van der Waals surface area contributed by atoms with Gasteiger partial charge in [0.2, 0.25) is 5.91 Å². The Morgan fingerprint density at radius 1 is 1.03 bits per heavy atom. The first kappa shape index (κ1) is 24.0. The highest BCUT2D eigenvalue weighted by atomic mass is 35.5. The van der Waals surface area contributed by atoms with Gasteiger partial charge in [0.15, 0.2) is 0 Å². The molecular weight excluding hydrogens is 448 g/mol. The summed E-state index contributed by atoms with van der Waals surface area (Å²) >= 11 is 6.51. The van der Waals surface area contributed by atoms with Crippen LogP contribution >= 0.6 is 11.6 Å². The standard InChI is InChI=1S/C27H31ClN4O2/c1-4-24-23(18-20-10-12-22(34-3)13-11-20)26(30-19(2)29-24)31-14-16-32(17-15-31)27(33)25(28)21-8-6-5-7-9-21/h5-13,25H,4,14-18H2,1-3H3. The molecule has 0 aliphatic carbocycles. The summed E-state index contributed by atoms with van der Waals surface area (Å²) in [5, 5.41) is -0.661. The molecule has 1 unspecified atom stereocenters. The van der Waals surface area contributed by atoms with Gasteiger partial charge in [-0.05, 0) is 36.6 Å². The van der Waals surface area contributed by atoms with Gasteiger partial charge >= 0.3 is 0 Å². The number of methoxy groups -OCH3 is 1. The summed E-state index contributed by atoms with van der Waals surface area (Å²) in [4.78, 5) is 26.7. The molecule has 2 heterocycles. The number of ether oxygens (including phenoxy) is 1. The average molecular weight is 479 g/mol. The topological polar surface area (TPSA) is 58.6 Å². The van der Waals surface area contributed by atoms with Crippen LogP contribution in [0.1, 0.15) is 40.5 Å². The van der Waals surface area contributed by atoms with Crippen molar-refractivity contribution in [2.24, 2.45) is 0 Å². The van der Waals surface area contributed by atoms with E-state index < -0.39 is 5.38 Å². The number of amides is 1. The summed E-state index contributed by atoms with van der Waals surface area (Å²) < 4.78 is 5.30. The van der Waals surface area contributed by atoms with Gasteiger partial charge in [-0.2, -0.15) is 0 Å². The summed E-state index contributed by atoms with van der Waals surface area (Å²) in [6.07, 6.45) is 1.59. The molecule has 1 fully saturated rings. The highest BCUT2D eigenvalue weighted by Gasteiger charge is 2.29. The largest absolute Gasteiger partial charge is 0.497 e. The van der Waals surface area contributed by atoms with Crippen LogP contribution in [0.4, 0.5) is 5.82 Å². The third-order valence-corrected chi connectivity index (χ3v) is 6.70. The molecule has 1 aliphatic rings. The number of anilines is 1. The van der Waals surface area contributed by atoms with Crippen LogP contribution < -0.4 is 9.64 Å². The molecule has 1 saturated heterocycles. The van der Waals surface area contributed by atoms with Crippen molar-refractivity contribution in [1.82, 2.24) is 14.9 Å². The number of rotatable bonds is 7. The van der Waals surface area contributed by atoms with E-state index in [0.29, 0.717) is 26.2 Å². The first-order valence-corrected chi connectivity index (χ1v) is 12.2. The van der Waals surface area contributed by atoms with E-state index in [1.165, 1.54) is 5.56 Å². The molecule has 1 atom stereocenters. The lowest BCUT2D eigenvalue weighted by Crippen LogP contribution is -2.50. The average Bonchev–Trinajstić information content (AvgIpc) is 2.89. The van der Waals surface area contributed by atoms with Crippen molar-refractivity contribution in [2.45, 2.75) is 32.1 Å². The van der Waals surface area contributed by atoms with Gasteiger partial charge in [0, 0.05) is 43.9 Å². The summed E-state index contributed by atoms with van der Waals surface area (Å²) in [6, 6.07) is 17.7. The second kappa shape index (κ2) is 10.9. The molecule has 0 radical (unpaired) electrons.